The van der Waals surface area contributed by atoms with Crippen molar-refractivity contribution in [2.75, 3.05) is 5.75 Å². The topological polar surface area (TPSA) is 51.2 Å². The average Bonchev–Trinajstić information content (AvgIpc) is 2.54. The molecule has 0 aromatic carbocycles. The number of Topliss-reactive ketones (excluding diaryl/α,β-unsaturated/α-hetero) is 1. The fraction of sp³-hybridized carbons (Fsp3) is 0.900. The summed E-state index contributed by atoms with van der Waals surface area (Å²) in [5, 5.41) is -0.245. The Balaban J connectivity index is 2.62. The number of hydrogen-bond donors (Lipinski definition) is 0. The Morgan fingerprint density at radius 2 is 1.79 bits per heavy atom. The van der Waals surface area contributed by atoms with Gasteiger partial charge in [-0.2, -0.15) is 0 Å². The molecule has 0 aliphatic heterocycles. The molecule has 1 rings (SSSR count). The first-order valence-corrected chi connectivity index (χ1v) is 6.89. The highest BCUT2D eigenvalue weighted by Crippen LogP contribution is 2.25. The second-order valence-electron chi connectivity index (χ2n) is 4.33. The van der Waals surface area contributed by atoms with E-state index in [1.165, 1.54) is 0 Å². The predicted octanol–water partition coefficient (Wildman–Crippen LogP) is 1.57. The van der Waals surface area contributed by atoms with Crippen molar-refractivity contribution in [1.29, 1.82) is 0 Å². The Labute approximate surface area is 85.8 Å². The summed E-state index contributed by atoms with van der Waals surface area (Å²) >= 11 is 0. The minimum absolute atomic E-state index is 0.156. The maximum atomic E-state index is 11.7. The lowest BCUT2D eigenvalue weighted by atomic mass is 10.1. The maximum Gasteiger partial charge on any atom is 0.160 e. The molecule has 0 heterocycles. The molecule has 0 N–H and O–H groups in total. The van der Waals surface area contributed by atoms with Crippen molar-refractivity contribution >= 4 is 15.6 Å². The van der Waals surface area contributed by atoms with Crippen LogP contribution in [-0.2, 0) is 14.6 Å². The zero-order valence-corrected chi connectivity index (χ0v) is 9.64. The summed E-state index contributed by atoms with van der Waals surface area (Å²) in [6, 6.07) is 0. The molecule has 1 saturated carbocycles. The van der Waals surface area contributed by atoms with Gasteiger partial charge in [-0.05, 0) is 12.8 Å². The number of rotatable bonds is 4. The van der Waals surface area contributed by atoms with Crippen molar-refractivity contribution in [3.8, 4) is 0 Å². The van der Waals surface area contributed by atoms with Crippen LogP contribution in [0.15, 0.2) is 0 Å². The molecular formula is C10H18O3S. The molecule has 4 heteroatoms. The van der Waals surface area contributed by atoms with E-state index in [4.69, 9.17) is 0 Å². The van der Waals surface area contributed by atoms with Crippen molar-refractivity contribution in [1.82, 2.24) is 0 Å². The third kappa shape index (κ3) is 2.80. The zero-order valence-electron chi connectivity index (χ0n) is 8.82. The van der Waals surface area contributed by atoms with Crippen LogP contribution in [0, 0.1) is 5.92 Å². The number of carbonyl (C=O) groups excluding carboxylic acids is 1. The van der Waals surface area contributed by atoms with Crippen LogP contribution >= 0.6 is 0 Å². The van der Waals surface area contributed by atoms with Gasteiger partial charge in [-0.15, -0.1) is 0 Å². The highest BCUT2D eigenvalue weighted by molar-refractivity contribution is 7.92. The molecule has 0 bridgehead atoms. The Kier molecular flexibility index (Phi) is 3.70. The number of hydrogen-bond acceptors (Lipinski definition) is 3. The highest BCUT2D eigenvalue weighted by Gasteiger charge is 2.30. The monoisotopic (exact) mass is 218 g/mol. The molecule has 1 aliphatic carbocycles. The summed E-state index contributed by atoms with van der Waals surface area (Å²) in [5.74, 6) is -0.585. The van der Waals surface area contributed by atoms with Crippen molar-refractivity contribution in [3.63, 3.8) is 0 Å². The molecule has 0 aromatic heterocycles. The number of carbonyl (C=O) groups is 1. The molecule has 1 fully saturated rings. The molecule has 0 unspecified atom stereocenters. The van der Waals surface area contributed by atoms with Crippen LogP contribution < -0.4 is 0 Å². The molecule has 0 amide bonds. The lowest BCUT2D eigenvalue weighted by Crippen LogP contribution is -2.28. The first-order chi connectivity index (χ1) is 6.43. The van der Waals surface area contributed by atoms with Gasteiger partial charge in [0.25, 0.3) is 0 Å². The summed E-state index contributed by atoms with van der Waals surface area (Å²) in [6.45, 7) is 3.49. The normalized spacial score (nSPS) is 19.1. The van der Waals surface area contributed by atoms with E-state index in [1.807, 2.05) is 0 Å². The molecule has 0 saturated heterocycles. The van der Waals surface area contributed by atoms with Crippen molar-refractivity contribution in [2.24, 2.45) is 5.92 Å². The molecule has 0 spiro atoms. The van der Waals surface area contributed by atoms with Gasteiger partial charge in [-0.25, -0.2) is 8.42 Å². The van der Waals surface area contributed by atoms with Gasteiger partial charge in [0.05, 0.1) is 5.25 Å². The lowest BCUT2D eigenvalue weighted by Gasteiger charge is -2.11. The van der Waals surface area contributed by atoms with Crippen molar-refractivity contribution < 1.29 is 13.2 Å². The maximum absolute atomic E-state index is 11.7. The molecule has 0 radical (unpaired) electrons. The molecule has 0 atom stereocenters. The summed E-state index contributed by atoms with van der Waals surface area (Å²) in [6.07, 6.45) is 3.46. The Bertz CT molecular complexity index is 297. The van der Waals surface area contributed by atoms with E-state index in [0.29, 0.717) is 0 Å². The first-order valence-electron chi connectivity index (χ1n) is 5.18. The zero-order chi connectivity index (χ0) is 10.8. The van der Waals surface area contributed by atoms with Crippen molar-refractivity contribution in [3.05, 3.63) is 0 Å². The summed E-state index contributed by atoms with van der Waals surface area (Å²) in [5.41, 5.74) is 0. The van der Waals surface area contributed by atoms with Crippen LogP contribution in [0.25, 0.3) is 0 Å². The van der Waals surface area contributed by atoms with Gasteiger partial charge in [0.15, 0.2) is 9.84 Å². The Morgan fingerprint density at radius 1 is 1.29 bits per heavy atom. The van der Waals surface area contributed by atoms with Crippen LogP contribution in [0.3, 0.4) is 0 Å². The van der Waals surface area contributed by atoms with E-state index >= 15 is 0 Å². The standard InChI is InChI=1S/C10H18O3S/c1-8(2)10(11)7-14(12,13)9-5-3-4-6-9/h8-9H,3-7H2,1-2H3. The SMILES string of the molecule is CC(C)C(=O)CS(=O)(=O)C1CCCC1. The Hall–Kier alpha value is -0.380. The first kappa shape index (κ1) is 11.7. The minimum atomic E-state index is -3.15. The van der Waals surface area contributed by atoms with Crippen LogP contribution in [-0.4, -0.2) is 25.2 Å². The molecule has 82 valence electrons. The van der Waals surface area contributed by atoms with Gasteiger partial charge in [0.1, 0.15) is 11.5 Å². The van der Waals surface area contributed by atoms with Crippen LogP contribution in [0.4, 0.5) is 0 Å². The number of sulfone groups is 1. The summed E-state index contributed by atoms with van der Waals surface area (Å²) in [4.78, 5) is 11.3. The Morgan fingerprint density at radius 3 is 2.21 bits per heavy atom. The van der Waals surface area contributed by atoms with Gasteiger partial charge in [0.2, 0.25) is 0 Å². The highest BCUT2D eigenvalue weighted by atomic mass is 32.2. The summed E-state index contributed by atoms with van der Waals surface area (Å²) < 4.78 is 23.5. The molecule has 3 nitrogen and oxygen atoms in total. The van der Waals surface area contributed by atoms with Gasteiger partial charge in [0, 0.05) is 5.92 Å². The van der Waals surface area contributed by atoms with Gasteiger partial charge in [-0.3, -0.25) is 4.79 Å². The van der Waals surface area contributed by atoms with E-state index in [9.17, 15) is 13.2 Å². The number of ketones is 1. The smallest absolute Gasteiger partial charge is 0.160 e. The van der Waals surface area contributed by atoms with Crippen molar-refractivity contribution in [2.45, 2.75) is 44.8 Å². The molecule has 0 aromatic rings. The minimum Gasteiger partial charge on any atom is -0.298 e. The average molecular weight is 218 g/mol. The van der Waals surface area contributed by atoms with Crippen LogP contribution in [0.5, 0.6) is 0 Å². The van der Waals surface area contributed by atoms with E-state index in [1.54, 1.807) is 13.8 Å². The fourth-order valence-electron chi connectivity index (χ4n) is 1.73. The lowest BCUT2D eigenvalue weighted by molar-refractivity contribution is -0.119. The van der Waals surface area contributed by atoms with Gasteiger partial charge in [-0.1, -0.05) is 26.7 Å². The summed E-state index contributed by atoms with van der Waals surface area (Å²) in [7, 11) is -3.15. The molecular weight excluding hydrogens is 200 g/mol. The van der Waals surface area contributed by atoms with Crippen LogP contribution in [0.1, 0.15) is 39.5 Å². The fourth-order valence-corrected chi connectivity index (χ4v) is 3.75. The quantitative estimate of drug-likeness (QED) is 0.719. The van der Waals surface area contributed by atoms with Crippen LogP contribution in [0.2, 0.25) is 0 Å². The van der Waals surface area contributed by atoms with E-state index < -0.39 is 9.84 Å². The van der Waals surface area contributed by atoms with E-state index in [0.717, 1.165) is 25.7 Å². The second kappa shape index (κ2) is 4.43. The predicted molar refractivity (Wildman–Crippen MR) is 55.9 cm³/mol. The van der Waals surface area contributed by atoms with E-state index in [-0.39, 0.29) is 22.7 Å². The van der Waals surface area contributed by atoms with E-state index in [2.05, 4.69) is 0 Å². The van der Waals surface area contributed by atoms with Gasteiger partial charge >= 0.3 is 0 Å². The third-order valence-corrected chi connectivity index (χ3v) is 4.97. The largest absolute Gasteiger partial charge is 0.298 e. The third-order valence-electron chi connectivity index (χ3n) is 2.80. The molecule has 1 aliphatic rings. The molecule has 14 heavy (non-hydrogen) atoms. The van der Waals surface area contributed by atoms with Gasteiger partial charge < -0.3 is 0 Å². The second-order valence-corrected chi connectivity index (χ2v) is 6.62.